The molecule has 0 N–H and O–H groups in total. The number of nitrogens with zero attached hydrogens (tertiary/aromatic N) is 2. The second-order valence-corrected chi connectivity index (χ2v) is 15.7. The van der Waals surface area contributed by atoms with Crippen LogP contribution in [-0.2, 0) is 10.8 Å². The van der Waals surface area contributed by atoms with Crippen molar-refractivity contribution >= 4 is 50.1 Å². The zero-order valence-corrected chi connectivity index (χ0v) is 30.9. The summed E-state index contributed by atoms with van der Waals surface area (Å²) in [6.45, 7) is 9.46. The van der Waals surface area contributed by atoms with Gasteiger partial charge in [-0.25, -0.2) is 0 Å². The van der Waals surface area contributed by atoms with Crippen LogP contribution in [0.1, 0.15) is 49.9 Å². The molecule has 0 atom stereocenters. The fourth-order valence-electron chi connectivity index (χ4n) is 8.84. The molecule has 9 rings (SSSR count). The molecule has 0 fully saturated rings. The van der Waals surface area contributed by atoms with E-state index in [1.54, 1.807) is 0 Å². The first kappa shape index (κ1) is 31.6. The number of rotatable bonds is 6. The van der Waals surface area contributed by atoms with Gasteiger partial charge >= 0.3 is 0 Å². The largest absolute Gasteiger partial charge is 0.310 e. The van der Waals surface area contributed by atoms with Gasteiger partial charge in [-0.2, -0.15) is 0 Å². The monoisotopic (exact) mass is 722 g/mol. The molecule has 7 aromatic rings. The third-order valence-corrected chi connectivity index (χ3v) is 11.5. The van der Waals surface area contributed by atoms with Crippen LogP contribution in [-0.4, -0.2) is 0 Å². The van der Waals surface area contributed by atoms with Crippen molar-refractivity contribution in [1.29, 1.82) is 0 Å². The zero-order chi connectivity index (χ0) is 34.9. The van der Waals surface area contributed by atoms with Crippen LogP contribution in [0.4, 0.5) is 34.1 Å². The van der Waals surface area contributed by atoms with E-state index in [9.17, 15) is 0 Å². The van der Waals surface area contributed by atoms with E-state index in [0.29, 0.717) is 0 Å². The lowest BCUT2D eigenvalue weighted by atomic mass is 9.81. The fourth-order valence-corrected chi connectivity index (χ4v) is 9.31. The van der Waals surface area contributed by atoms with Crippen LogP contribution in [0.3, 0.4) is 0 Å². The molecule has 2 nitrogen and oxygen atoms in total. The first-order valence-electron chi connectivity index (χ1n) is 17.7. The van der Waals surface area contributed by atoms with Crippen molar-refractivity contribution in [3.05, 3.63) is 191 Å². The van der Waals surface area contributed by atoms with Crippen LogP contribution in [0.15, 0.2) is 168 Å². The molecule has 0 heterocycles. The van der Waals surface area contributed by atoms with Gasteiger partial charge in [0.05, 0.1) is 11.4 Å². The Bertz CT molecular complexity index is 2280. The van der Waals surface area contributed by atoms with E-state index >= 15 is 0 Å². The molecular weight excluding hydrogens is 684 g/mol. The quantitative estimate of drug-likeness (QED) is 0.169. The molecule has 0 aromatic heterocycles. The van der Waals surface area contributed by atoms with Gasteiger partial charge in [-0.3, -0.25) is 0 Å². The van der Waals surface area contributed by atoms with Crippen LogP contribution >= 0.6 is 15.9 Å². The SMILES string of the molecule is CC1(C)c2ccccc2-c2cccc(N(c3ccccc3)c3cc(Br)cc(N(c4ccccc4)c4cccc5c4C(C)(C)c4ccccc4-5)c3)c21. The molecule has 0 saturated heterocycles. The Balaban J connectivity index is 1.28. The molecular formula is C48H39BrN2. The number of hydrogen-bond acceptors (Lipinski definition) is 2. The maximum absolute atomic E-state index is 4.00. The molecule has 0 bridgehead atoms. The van der Waals surface area contributed by atoms with E-state index in [2.05, 4.69) is 217 Å². The molecule has 2 aliphatic carbocycles. The molecule has 3 heteroatoms. The third-order valence-electron chi connectivity index (χ3n) is 11.0. The second kappa shape index (κ2) is 11.9. The molecule has 0 saturated carbocycles. The van der Waals surface area contributed by atoms with E-state index in [1.165, 1.54) is 55.9 Å². The summed E-state index contributed by atoms with van der Waals surface area (Å²) in [6, 6.07) is 59.8. The zero-order valence-electron chi connectivity index (χ0n) is 29.4. The maximum Gasteiger partial charge on any atom is 0.0508 e. The normalized spacial score (nSPS) is 14.3. The Morgan fingerprint density at radius 3 is 1.18 bits per heavy atom. The highest BCUT2D eigenvalue weighted by molar-refractivity contribution is 9.10. The minimum atomic E-state index is -0.175. The van der Waals surface area contributed by atoms with Gasteiger partial charge in [-0.15, -0.1) is 0 Å². The minimum Gasteiger partial charge on any atom is -0.310 e. The Kier molecular flexibility index (Phi) is 7.34. The summed E-state index contributed by atoms with van der Waals surface area (Å²) in [5.74, 6) is 0. The molecule has 0 unspecified atom stereocenters. The highest BCUT2D eigenvalue weighted by Crippen LogP contribution is 2.56. The Morgan fingerprint density at radius 1 is 0.373 bits per heavy atom. The Hall–Kier alpha value is -5.38. The lowest BCUT2D eigenvalue weighted by molar-refractivity contribution is 0.660. The number of halogens is 1. The van der Waals surface area contributed by atoms with Crippen LogP contribution < -0.4 is 9.80 Å². The highest BCUT2D eigenvalue weighted by atomic mass is 79.9. The number of hydrogen-bond donors (Lipinski definition) is 0. The number of fused-ring (bicyclic) bond motifs is 6. The molecule has 0 spiro atoms. The van der Waals surface area contributed by atoms with Gasteiger partial charge in [0.15, 0.2) is 0 Å². The van der Waals surface area contributed by atoms with Crippen molar-refractivity contribution in [3.63, 3.8) is 0 Å². The number of anilines is 6. The van der Waals surface area contributed by atoms with Crippen molar-refractivity contribution in [1.82, 2.24) is 0 Å². The summed E-state index contributed by atoms with van der Waals surface area (Å²) in [5.41, 5.74) is 17.1. The van der Waals surface area contributed by atoms with E-state index in [0.717, 1.165) is 27.2 Å². The van der Waals surface area contributed by atoms with Crippen LogP contribution in [0.25, 0.3) is 22.3 Å². The lowest BCUT2D eigenvalue weighted by Gasteiger charge is -2.34. The summed E-state index contributed by atoms with van der Waals surface area (Å²) in [6.07, 6.45) is 0. The molecule has 0 aliphatic heterocycles. The average Bonchev–Trinajstić information content (AvgIpc) is 3.53. The van der Waals surface area contributed by atoms with Gasteiger partial charge < -0.3 is 9.80 Å². The molecule has 0 amide bonds. The van der Waals surface area contributed by atoms with Crippen LogP contribution in [0.2, 0.25) is 0 Å². The molecule has 2 aliphatic rings. The first-order valence-corrected chi connectivity index (χ1v) is 18.5. The number of para-hydroxylation sites is 2. The molecule has 51 heavy (non-hydrogen) atoms. The number of benzene rings is 7. The van der Waals surface area contributed by atoms with Crippen molar-refractivity contribution in [3.8, 4) is 22.3 Å². The maximum atomic E-state index is 4.00. The smallest absolute Gasteiger partial charge is 0.0508 e. The van der Waals surface area contributed by atoms with E-state index in [1.807, 2.05) is 0 Å². The van der Waals surface area contributed by atoms with Crippen LogP contribution in [0.5, 0.6) is 0 Å². The van der Waals surface area contributed by atoms with E-state index in [-0.39, 0.29) is 10.8 Å². The fraction of sp³-hybridized carbons (Fsp3) is 0.125. The summed E-state index contributed by atoms with van der Waals surface area (Å²) in [5, 5.41) is 0. The standard InChI is InChI=1S/C48H39BrN2/c1-47(2)41-25-13-11-21-37(41)39-23-15-27-43(45(39)47)50(33-17-7-5-8-18-33)35-29-32(49)30-36(31-35)51(34-19-9-6-10-20-34)44-28-16-24-40-38-22-12-14-26-42(38)48(3,4)46(40)44/h5-31H,1-4H3. The van der Waals surface area contributed by atoms with Gasteiger partial charge in [0.2, 0.25) is 0 Å². The predicted molar refractivity (Wildman–Crippen MR) is 219 cm³/mol. The topological polar surface area (TPSA) is 6.48 Å². The summed E-state index contributed by atoms with van der Waals surface area (Å²) in [7, 11) is 0. The van der Waals surface area contributed by atoms with Gasteiger partial charge in [-0.1, -0.05) is 153 Å². The van der Waals surface area contributed by atoms with Crippen LogP contribution in [0, 0.1) is 0 Å². The second-order valence-electron chi connectivity index (χ2n) is 14.8. The first-order chi connectivity index (χ1) is 24.7. The van der Waals surface area contributed by atoms with Gasteiger partial charge in [0, 0.05) is 38.1 Å². The van der Waals surface area contributed by atoms with Crippen molar-refractivity contribution in [2.45, 2.75) is 38.5 Å². The van der Waals surface area contributed by atoms with E-state index < -0.39 is 0 Å². The van der Waals surface area contributed by atoms with Gasteiger partial charge in [0.1, 0.15) is 0 Å². The summed E-state index contributed by atoms with van der Waals surface area (Å²) < 4.78 is 1.02. The van der Waals surface area contributed by atoms with E-state index in [4.69, 9.17) is 0 Å². The predicted octanol–water partition coefficient (Wildman–Crippen LogP) is 14.0. The van der Waals surface area contributed by atoms with Gasteiger partial charge in [-0.05, 0) is 99.1 Å². The highest BCUT2D eigenvalue weighted by Gasteiger charge is 2.40. The molecule has 7 aromatic carbocycles. The van der Waals surface area contributed by atoms with Crippen molar-refractivity contribution < 1.29 is 0 Å². The van der Waals surface area contributed by atoms with Crippen molar-refractivity contribution in [2.75, 3.05) is 9.80 Å². The minimum absolute atomic E-state index is 0.175. The average molecular weight is 724 g/mol. The summed E-state index contributed by atoms with van der Waals surface area (Å²) >= 11 is 4.00. The van der Waals surface area contributed by atoms with Crippen molar-refractivity contribution in [2.24, 2.45) is 0 Å². The Labute approximate surface area is 309 Å². The molecule has 0 radical (unpaired) electrons. The Morgan fingerprint density at radius 2 is 0.745 bits per heavy atom. The third kappa shape index (κ3) is 4.90. The van der Waals surface area contributed by atoms with Gasteiger partial charge in [0.25, 0.3) is 0 Å². The lowest BCUT2D eigenvalue weighted by Crippen LogP contribution is -2.22. The molecule has 248 valence electrons. The summed E-state index contributed by atoms with van der Waals surface area (Å²) in [4.78, 5) is 4.89.